The van der Waals surface area contributed by atoms with Crippen LogP contribution in [0.5, 0.6) is 23.0 Å². The number of amides is 2. The van der Waals surface area contributed by atoms with Crippen LogP contribution in [0.2, 0.25) is 0 Å². The minimum atomic E-state index is -0.766. The lowest BCUT2D eigenvalue weighted by Crippen LogP contribution is -2.31. The molecule has 9 nitrogen and oxygen atoms in total. The third kappa shape index (κ3) is 5.34. The number of anilines is 1. The molecule has 2 heterocycles. The quantitative estimate of drug-likeness (QED) is 0.228. The summed E-state index contributed by atoms with van der Waals surface area (Å²) < 4.78 is 21.8. The Balaban J connectivity index is 1.61. The van der Waals surface area contributed by atoms with Crippen LogP contribution in [0.3, 0.4) is 0 Å². The summed E-state index contributed by atoms with van der Waals surface area (Å²) in [6.45, 7) is 0. The van der Waals surface area contributed by atoms with Gasteiger partial charge >= 0.3 is 0 Å². The second-order valence-corrected chi connectivity index (χ2v) is 10.4. The highest BCUT2D eigenvalue weighted by molar-refractivity contribution is 8.00. The summed E-state index contributed by atoms with van der Waals surface area (Å²) in [5, 5.41) is 9.95. The monoisotopic (exact) mass is 581 g/mol. The summed E-state index contributed by atoms with van der Waals surface area (Å²) in [6, 6.07) is 23.9. The maximum atomic E-state index is 13.5. The molecule has 0 spiro atoms. The molecule has 1 fully saturated rings. The van der Waals surface area contributed by atoms with E-state index in [0.29, 0.717) is 50.5 Å². The second-order valence-electron chi connectivity index (χ2n) is 9.20. The van der Waals surface area contributed by atoms with Crippen molar-refractivity contribution >= 4 is 29.3 Å². The van der Waals surface area contributed by atoms with Crippen molar-refractivity contribution in [2.75, 3.05) is 33.3 Å². The van der Waals surface area contributed by atoms with Gasteiger partial charge in [0.05, 0.1) is 50.6 Å². The molecule has 1 atom stereocenters. The third-order valence-corrected chi connectivity index (χ3v) is 8.00. The largest absolute Gasteiger partial charge is 0.497 e. The number of aromatic nitrogens is 1. The average Bonchev–Trinajstić information content (AvgIpc) is 3.31. The van der Waals surface area contributed by atoms with Crippen LogP contribution in [0.1, 0.15) is 12.0 Å². The van der Waals surface area contributed by atoms with Crippen LogP contribution >= 0.6 is 11.8 Å². The van der Waals surface area contributed by atoms with E-state index in [9.17, 15) is 14.9 Å². The molecular weight excluding hydrogens is 554 g/mol. The number of hydrogen-bond acceptors (Lipinski definition) is 9. The number of nitriles is 1. The number of methoxy groups -OCH3 is 4. The van der Waals surface area contributed by atoms with E-state index in [0.717, 1.165) is 17.3 Å². The predicted molar refractivity (Wildman–Crippen MR) is 159 cm³/mol. The van der Waals surface area contributed by atoms with Gasteiger partial charge in [-0.25, -0.2) is 9.88 Å². The lowest BCUT2D eigenvalue weighted by atomic mass is 9.98. The zero-order chi connectivity index (χ0) is 29.8. The minimum Gasteiger partial charge on any atom is -0.497 e. The normalized spacial score (nSPS) is 14.5. The van der Waals surface area contributed by atoms with Crippen LogP contribution in [-0.4, -0.2) is 50.5 Å². The molecule has 0 saturated carbocycles. The topological polar surface area (TPSA) is 111 Å². The molecule has 3 aromatic carbocycles. The highest BCUT2D eigenvalue weighted by Gasteiger charge is 2.41. The number of hydrogen-bond donors (Lipinski definition) is 0. The Morgan fingerprint density at radius 2 is 1.52 bits per heavy atom. The molecule has 10 heteroatoms. The molecule has 0 radical (unpaired) electrons. The molecule has 1 saturated heterocycles. The van der Waals surface area contributed by atoms with Crippen LogP contribution < -0.4 is 23.8 Å². The fourth-order valence-electron chi connectivity index (χ4n) is 4.77. The zero-order valence-corrected chi connectivity index (χ0v) is 24.2. The predicted octanol–water partition coefficient (Wildman–Crippen LogP) is 5.75. The number of carbonyl (C=O) groups excluding carboxylic acids is 2. The molecule has 0 N–H and O–H groups in total. The Bertz CT molecular complexity index is 1660. The standard InChI is InChI=1S/C32H27N3O6S/c1-38-22-12-10-21(11-13-22)35-29(36)17-28(32(35)37)42-31-24(18-33)23(16-25(34-31)19-8-6-5-7-9-19)20-14-26(39-2)30(41-4)27(15-20)40-3/h5-16,28H,17H2,1-4H3/t28-/m0/s1. The van der Waals surface area contributed by atoms with Gasteiger partial charge in [0.15, 0.2) is 11.5 Å². The highest BCUT2D eigenvalue weighted by atomic mass is 32.2. The van der Waals surface area contributed by atoms with Gasteiger partial charge in [-0.3, -0.25) is 9.59 Å². The number of benzene rings is 3. The van der Waals surface area contributed by atoms with Gasteiger partial charge in [0.2, 0.25) is 17.6 Å². The van der Waals surface area contributed by atoms with E-state index in [1.807, 2.05) is 36.4 Å². The molecule has 0 aliphatic carbocycles. The van der Waals surface area contributed by atoms with Crippen molar-refractivity contribution in [1.82, 2.24) is 4.98 Å². The molecule has 42 heavy (non-hydrogen) atoms. The van der Waals surface area contributed by atoms with Crippen molar-refractivity contribution in [2.45, 2.75) is 16.7 Å². The maximum Gasteiger partial charge on any atom is 0.247 e. The molecule has 1 aromatic heterocycles. The van der Waals surface area contributed by atoms with Gasteiger partial charge in [0, 0.05) is 17.5 Å². The van der Waals surface area contributed by atoms with Gasteiger partial charge < -0.3 is 18.9 Å². The molecule has 1 aliphatic heterocycles. The molecule has 5 rings (SSSR count). The number of rotatable bonds is 9. The second kappa shape index (κ2) is 12.2. The summed E-state index contributed by atoms with van der Waals surface area (Å²) in [7, 11) is 6.10. The number of ether oxygens (including phenoxy) is 4. The van der Waals surface area contributed by atoms with Gasteiger partial charge in [-0.15, -0.1) is 0 Å². The van der Waals surface area contributed by atoms with Crippen LogP contribution in [0.25, 0.3) is 22.4 Å². The lowest BCUT2D eigenvalue weighted by Gasteiger charge is -2.18. The molecule has 212 valence electrons. The number of pyridine rings is 1. The van der Waals surface area contributed by atoms with Crippen LogP contribution in [-0.2, 0) is 9.59 Å². The van der Waals surface area contributed by atoms with Crippen molar-refractivity contribution in [2.24, 2.45) is 0 Å². The summed E-state index contributed by atoms with van der Waals surface area (Å²) in [6.07, 6.45) is -0.0306. The third-order valence-electron chi connectivity index (χ3n) is 6.83. The van der Waals surface area contributed by atoms with Crippen LogP contribution in [0.4, 0.5) is 5.69 Å². The lowest BCUT2D eigenvalue weighted by molar-refractivity contribution is -0.121. The fraction of sp³-hybridized carbons (Fsp3) is 0.188. The first kappa shape index (κ1) is 28.5. The number of imide groups is 1. The smallest absolute Gasteiger partial charge is 0.247 e. The summed E-state index contributed by atoms with van der Waals surface area (Å²) in [5.41, 5.74) is 3.35. The Hall–Kier alpha value is -5.01. The Labute approximate surface area is 247 Å². The molecule has 0 bridgehead atoms. The first-order valence-corrected chi connectivity index (χ1v) is 13.8. The van der Waals surface area contributed by atoms with Crippen molar-refractivity contribution in [3.63, 3.8) is 0 Å². The van der Waals surface area contributed by atoms with E-state index in [2.05, 4.69) is 6.07 Å². The molecule has 2 amide bonds. The van der Waals surface area contributed by atoms with E-state index in [1.54, 1.807) is 43.5 Å². The SMILES string of the molecule is COc1ccc(N2C(=O)C[C@H](Sc3nc(-c4ccccc4)cc(-c4cc(OC)c(OC)c(OC)c4)c3C#N)C2=O)cc1. The minimum absolute atomic E-state index is 0.0306. The van der Waals surface area contributed by atoms with Gasteiger partial charge in [0.1, 0.15) is 16.8 Å². The van der Waals surface area contributed by atoms with Gasteiger partial charge in [-0.2, -0.15) is 5.26 Å². The Kier molecular flexibility index (Phi) is 8.31. The summed E-state index contributed by atoms with van der Waals surface area (Å²) in [5.74, 6) is 1.18. The molecule has 4 aromatic rings. The van der Waals surface area contributed by atoms with E-state index < -0.39 is 5.25 Å². The summed E-state index contributed by atoms with van der Waals surface area (Å²) in [4.78, 5) is 32.5. The fourth-order valence-corrected chi connectivity index (χ4v) is 5.90. The average molecular weight is 582 g/mol. The van der Waals surface area contributed by atoms with Gasteiger partial charge in [-0.05, 0) is 48.0 Å². The zero-order valence-electron chi connectivity index (χ0n) is 23.4. The Morgan fingerprint density at radius 1 is 0.857 bits per heavy atom. The van der Waals surface area contributed by atoms with Crippen LogP contribution in [0.15, 0.2) is 77.8 Å². The van der Waals surface area contributed by atoms with Crippen LogP contribution in [0, 0.1) is 11.3 Å². The number of thioether (sulfide) groups is 1. The van der Waals surface area contributed by atoms with E-state index in [4.69, 9.17) is 23.9 Å². The van der Waals surface area contributed by atoms with Crippen molar-refractivity contribution < 1.29 is 28.5 Å². The number of nitrogens with zero attached hydrogens (tertiary/aromatic N) is 3. The van der Waals surface area contributed by atoms with Crippen molar-refractivity contribution in [3.8, 4) is 51.5 Å². The molecule has 1 aliphatic rings. The number of carbonyl (C=O) groups is 2. The van der Waals surface area contributed by atoms with Crippen molar-refractivity contribution in [3.05, 3.63) is 78.4 Å². The molecule has 0 unspecified atom stereocenters. The maximum absolute atomic E-state index is 13.5. The van der Waals surface area contributed by atoms with Crippen molar-refractivity contribution in [1.29, 1.82) is 5.26 Å². The van der Waals surface area contributed by atoms with E-state index >= 15 is 0 Å². The van der Waals surface area contributed by atoms with Gasteiger partial charge in [-0.1, -0.05) is 42.1 Å². The highest BCUT2D eigenvalue weighted by Crippen LogP contribution is 2.44. The first-order chi connectivity index (χ1) is 20.4. The van der Waals surface area contributed by atoms with E-state index in [1.165, 1.54) is 26.2 Å². The van der Waals surface area contributed by atoms with E-state index in [-0.39, 0.29) is 23.8 Å². The molecular formula is C32H27N3O6S. The summed E-state index contributed by atoms with van der Waals surface area (Å²) >= 11 is 1.11. The first-order valence-electron chi connectivity index (χ1n) is 12.9. The Morgan fingerprint density at radius 3 is 2.10 bits per heavy atom. The van der Waals surface area contributed by atoms with Gasteiger partial charge in [0.25, 0.3) is 0 Å².